The highest BCUT2D eigenvalue weighted by Crippen LogP contribution is 2.33. The molecule has 0 amide bonds. The summed E-state index contributed by atoms with van der Waals surface area (Å²) in [6, 6.07) is 24.5. The standard InChI is InChI=1S/C13H18.C11H14S.C9H12.C2H6/c1-10(2)12-8-7-11-5-3-4-6-13(11)9-12;1-8(2)10-4-3-9-5-6-12-11(9)7-10;1-8(2)9-6-4-3-5-7-9;1-2/h7-10H,3-6H2,1-2H3;3-4,7-8H,5-6H2,1-2H3;3-8H,1-2H3;1-2H3. The summed E-state index contributed by atoms with van der Waals surface area (Å²) in [6.07, 6.45) is 6.63. The van der Waals surface area contributed by atoms with Gasteiger partial charge in [0.05, 0.1) is 0 Å². The fourth-order valence-corrected chi connectivity index (χ4v) is 5.61. The van der Waals surface area contributed by atoms with Gasteiger partial charge in [0.15, 0.2) is 0 Å². The Labute approximate surface area is 227 Å². The Kier molecular flexibility index (Phi) is 13.4. The molecular formula is C35H50S. The van der Waals surface area contributed by atoms with Crippen LogP contribution in [0.3, 0.4) is 0 Å². The summed E-state index contributed by atoms with van der Waals surface area (Å²) in [7, 11) is 0. The van der Waals surface area contributed by atoms with Crippen molar-refractivity contribution in [1.82, 2.24) is 0 Å². The van der Waals surface area contributed by atoms with Gasteiger partial charge in [-0.05, 0) is 89.3 Å². The van der Waals surface area contributed by atoms with Crippen molar-refractivity contribution in [1.29, 1.82) is 0 Å². The smallest absolute Gasteiger partial charge is 0.0107 e. The number of hydrogen-bond acceptors (Lipinski definition) is 1. The first kappa shape index (κ1) is 30.2. The number of thioether (sulfide) groups is 1. The van der Waals surface area contributed by atoms with Crippen LogP contribution in [0.5, 0.6) is 0 Å². The molecule has 0 unspecified atom stereocenters. The van der Waals surface area contributed by atoms with E-state index in [9.17, 15) is 0 Å². The number of hydrogen-bond donors (Lipinski definition) is 0. The topological polar surface area (TPSA) is 0 Å². The molecule has 3 aromatic rings. The second-order valence-corrected chi connectivity index (χ2v) is 11.7. The molecular weight excluding hydrogens is 452 g/mol. The minimum atomic E-state index is 0.659. The number of rotatable bonds is 3. The van der Waals surface area contributed by atoms with Gasteiger partial charge in [0.1, 0.15) is 0 Å². The van der Waals surface area contributed by atoms with Gasteiger partial charge < -0.3 is 0 Å². The van der Waals surface area contributed by atoms with Crippen LogP contribution >= 0.6 is 11.8 Å². The molecule has 0 fully saturated rings. The highest BCUT2D eigenvalue weighted by Gasteiger charge is 2.12. The van der Waals surface area contributed by atoms with Crippen LogP contribution in [0.25, 0.3) is 0 Å². The quantitative estimate of drug-likeness (QED) is 0.343. The van der Waals surface area contributed by atoms with Gasteiger partial charge >= 0.3 is 0 Å². The second-order valence-electron chi connectivity index (χ2n) is 10.6. The summed E-state index contributed by atoms with van der Waals surface area (Å²) in [5.74, 6) is 3.27. The van der Waals surface area contributed by atoms with Crippen molar-refractivity contribution in [2.75, 3.05) is 5.75 Å². The normalized spacial score (nSPS) is 13.5. The average molecular weight is 503 g/mol. The number of benzene rings is 3. The predicted molar refractivity (Wildman–Crippen MR) is 164 cm³/mol. The predicted octanol–water partition coefficient (Wildman–Crippen LogP) is 11.0. The van der Waals surface area contributed by atoms with Gasteiger partial charge in [-0.25, -0.2) is 0 Å². The third kappa shape index (κ3) is 9.47. The van der Waals surface area contributed by atoms with Gasteiger partial charge in [-0.1, -0.05) is 116 Å². The fourth-order valence-electron chi connectivity index (χ4n) is 4.49. The third-order valence-corrected chi connectivity index (χ3v) is 7.99. The minimum Gasteiger partial charge on any atom is -0.126 e. The lowest BCUT2D eigenvalue weighted by molar-refractivity contribution is 0.682. The number of aryl methyl sites for hydroxylation is 3. The summed E-state index contributed by atoms with van der Waals surface area (Å²) in [5, 5.41) is 0. The average Bonchev–Trinajstić information content (AvgIpc) is 3.39. The molecule has 0 nitrogen and oxygen atoms in total. The van der Waals surface area contributed by atoms with Crippen molar-refractivity contribution < 1.29 is 0 Å². The molecule has 0 bridgehead atoms. The zero-order valence-electron chi connectivity index (χ0n) is 24.2. The molecule has 0 N–H and O–H groups in total. The lowest BCUT2D eigenvalue weighted by Crippen LogP contribution is -2.03. The maximum Gasteiger partial charge on any atom is 0.0107 e. The first-order chi connectivity index (χ1) is 17.3. The molecule has 5 rings (SSSR count). The first-order valence-electron chi connectivity index (χ1n) is 14.3. The van der Waals surface area contributed by atoms with Crippen molar-refractivity contribution in [3.05, 3.63) is 100 Å². The van der Waals surface area contributed by atoms with Gasteiger partial charge in [-0.2, -0.15) is 0 Å². The first-order valence-corrected chi connectivity index (χ1v) is 15.3. The van der Waals surface area contributed by atoms with Gasteiger partial charge in [0.2, 0.25) is 0 Å². The van der Waals surface area contributed by atoms with E-state index >= 15 is 0 Å². The lowest BCUT2D eigenvalue weighted by atomic mass is 9.88. The number of fused-ring (bicyclic) bond motifs is 2. The summed E-state index contributed by atoms with van der Waals surface area (Å²) in [5.41, 5.74) is 9.14. The van der Waals surface area contributed by atoms with Crippen LogP contribution < -0.4 is 0 Å². The van der Waals surface area contributed by atoms with E-state index in [0.717, 1.165) is 0 Å². The molecule has 1 heterocycles. The van der Waals surface area contributed by atoms with E-state index in [-0.39, 0.29) is 0 Å². The minimum absolute atomic E-state index is 0.659. The van der Waals surface area contributed by atoms with E-state index < -0.39 is 0 Å². The van der Waals surface area contributed by atoms with Crippen molar-refractivity contribution >= 4 is 11.8 Å². The SMILES string of the molecule is CC.CC(C)c1ccc2c(c1)CCCC2.CC(C)c1ccc2c(c1)SCC2.CC(C)c1ccccc1. The molecule has 0 saturated carbocycles. The Morgan fingerprint density at radius 3 is 1.61 bits per heavy atom. The van der Waals surface area contributed by atoms with Crippen molar-refractivity contribution in [2.24, 2.45) is 0 Å². The Morgan fingerprint density at radius 1 is 0.528 bits per heavy atom. The molecule has 3 aromatic carbocycles. The third-order valence-electron chi connectivity index (χ3n) is 6.89. The van der Waals surface area contributed by atoms with E-state index in [1.807, 2.05) is 31.7 Å². The van der Waals surface area contributed by atoms with Crippen molar-refractivity contribution in [2.45, 2.75) is 110 Å². The van der Waals surface area contributed by atoms with Gasteiger partial charge in [-0.3, -0.25) is 0 Å². The summed E-state index contributed by atoms with van der Waals surface area (Å²) in [6.45, 7) is 17.4. The van der Waals surface area contributed by atoms with Gasteiger partial charge in [0, 0.05) is 10.6 Å². The largest absolute Gasteiger partial charge is 0.126 e. The summed E-state index contributed by atoms with van der Waals surface area (Å²) in [4.78, 5) is 1.52. The van der Waals surface area contributed by atoms with Crippen LogP contribution in [-0.4, -0.2) is 5.75 Å². The highest BCUT2D eigenvalue weighted by atomic mass is 32.2. The van der Waals surface area contributed by atoms with Gasteiger partial charge in [-0.15, -0.1) is 11.8 Å². The van der Waals surface area contributed by atoms with Crippen LogP contribution in [0.4, 0.5) is 0 Å². The molecule has 0 saturated heterocycles. The van der Waals surface area contributed by atoms with Crippen LogP contribution in [0.15, 0.2) is 71.6 Å². The molecule has 1 heteroatoms. The molecule has 1 aliphatic heterocycles. The van der Waals surface area contributed by atoms with Crippen LogP contribution in [-0.2, 0) is 19.3 Å². The molecule has 196 valence electrons. The Morgan fingerprint density at radius 2 is 1.06 bits per heavy atom. The fraction of sp³-hybridized carbons (Fsp3) is 0.486. The van der Waals surface area contributed by atoms with Crippen LogP contribution in [0.1, 0.15) is 119 Å². The van der Waals surface area contributed by atoms with Crippen LogP contribution in [0.2, 0.25) is 0 Å². The maximum atomic E-state index is 2.42. The summed E-state index contributed by atoms with van der Waals surface area (Å²) >= 11 is 2.00. The molecule has 2 aliphatic rings. The lowest BCUT2D eigenvalue weighted by Gasteiger charge is -2.17. The van der Waals surface area contributed by atoms with Crippen LogP contribution in [0, 0.1) is 0 Å². The monoisotopic (exact) mass is 502 g/mol. The Balaban J connectivity index is 0.000000187. The van der Waals surface area contributed by atoms with E-state index in [4.69, 9.17) is 0 Å². The summed E-state index contributed by atoms with van der Waals surface area (Å²) < 4.78 is 0. The molecule has 0 spiro atoms. The zero-order chi connectivity index (χ0) is 26.5. The molecule has 0 aromatic heterocycles. The Hall–Kier alpha value is -1.99. The second kappa shape index (κ2) is 16.0. The highest BCUT2D eigenvalue weighted by molar-refractivity contribution is 7.99. The van der Waals surface area contributed by atoms with Crippen molar-refractivity contribution in [3.8, 4) is 0 Å². The van der Waals surface area contributed by atoms with Gasteiger partial charge in [0.25, 0.3) is 0 Å². The van der Waals surface area contributed by atoms with E-state index in [2.05, 4.69) is 102 Å². The molecule has 1 aliphatic carbocycles. The molecule has 36 heavy (non-hydrogen) atoms. The molecule has 0 radical (unpaired) electrons. The Bertz CT molecular complexity index is 1010. The van der Waals surface area contributed by atoms with E-state index in [1.165, 1.54) is 59.4 Å². The van der Waals surface area contributed by atoms with Crippen molar-refractivity contribution in [3.63, 3.8) is 0 Å². The zero-order valence-corrected chi connectivity index (χ0v) is 25.1. The van der Waals surface area contributed by atoms with E-state index in [1.54, 1.807) is 16.7 Å². The van der Waals surface area contributed by atoms with E-state index in [0.29, 0.717) is 17.8 Å². The maximum absolute atomic E-state index is 2.42. The molecule has 0 atom stereocenters.